The van der Waals surface area contributed by atoms with Gasteiger partial charge in [-0.15, -0.1) is 6.58 Å². The third-order valence-electron chi connectivity index (χ3n) is 3.91. The molecule has 22 heavy (non-hydrogen) atoms. The molecule has 0 heterocycles. The number of allylic oxidation sites excluding steroid dienone is 1. The summed E-state index contributed by atoms with van der Waals surface area (Å²) in [5.74, 6) is 0.406. The number of hydrogen-bond donors (Lipinski definition) is 1. The molecule has 0 spiro atoms. The van der Waals surface area contributed by atoms with Crippen LogP contribution in [-0.2, 0) is 11.2 Å². The van der Waals surface area contributed by atoms with E-state index in [9.17, 15) is 4.79 Å². The lowest BCUT2D eigenvalue weighted by molar-refractivity contribution is 0.137. The first-order valence-corrected chi connectivity index (χ1v) is 8.14. The fraction of sp³-hybridized carbons (Fsp3) is 0.526. The largest absolute Gasteiger partial charge is 0.450 e. The van der Waals surface area contributed by atoms with Crippen molar-refractivity contribution in [3.63, 3.8) is 0 Å². The van der Waals surface area contributed by atoms with E-state index in [4.69, 9.17) is 4.74 Å². The van der Waals surface area contributed by atoms with E-state index in [0.717, 1.165) is 31.3 Å². The maximum absolute atomic E-state index is 12.0. The second-order valence-electron chi connectivity index (χ2n) is 6.02. The zero-order valence-electron chi connectivity index (χ0n) is 14.1. The molecular weight excluding hydrogens is 274 g/mol. The Morgan fingerprint density at radius 1 is 1.32 bits per heavy atom. The lowest BCUT2D eigenvalue weighted by Crippen LogP contribution is -2.41. The molecule has 1 aromatic carbocycles. The minimum absolute atomic E-state index is 0.0982. The normalized spacial score (nSPS) is 13.2. The van der Waals surface area contributed by atoms with Crippen LogP contribution in [0.5, 0.6) is 0 Å². The van der Waals surface area contributed by atoms with Gasteiger partial charge in [0.1, 0.15) is 0 Å². The molecule has 3 nitrogen and oxygen atoms in total. The van der Waals surface area contributed by atoms with Crippen molar-refractivity contribution in [1.82, 2.24) is 5.32 Å². The molecule has 0 aliphatic rings. The molecule has 3 heteroatoms. The highest BCUT2D eigenvalue weighted by molar-refractivity contribution is 5.67. The minimum atomic E-state index is -0.317. The molecule has 1 amide bonds. The fourth-order valence-electron chi connectivity index (χ4n) is 2.28. The van der Waals surface area contributed by atoms with E-state index in [1.165, 1.54) is 5.56 Å². The maximum atomic E-state index is 12.0. The van der Waals surface area contributed by atoms with E-state index < -0.39 is 0 Å². The average molecular weight is 303 g/mol. The lowest BCUT2D eigenvalue weighted by Gasteiger charge is -2.24. The van der Waals surface area contributed by atoms with Crippen LogP contribution < -0.4 is 5.32 Å². The van der Waals surface area contributed by atoms with Crippen molar-refractivity contribution in [3.8, 4) is 0 Å². The molecule has 0 aliphatic carbocycles. The highest BCUT2D eigenvalue weighted by Crippen LogP contribution is 2.14. The number of benzene rings is 1. The van der Waals surface area contributed by atoms with Gasteiger partial charge >= 0.3 is 6.09 Å². The van der Waals surface area contributed by atoms with Gasteiger partial charge in [0.15, 0.2) is 0 Å². The zero-order valence-corrected chi connectivity index (χ0v) is 14.1. The Labute approximate surface area is 134 Å². The molecule has 122 valence electrons. The standard InChI is InChI=1S/C19H29NO2/c1-5-16(4)18(14-17-11-7-6-8-12-17)20-19(21)22-13-9-10-15(2)3/h6-8,11-12,16,18H,2,5,9-10,13-14H2,1,3-4H3,(H,20,21)/t16-,18+/m1/s1. The summed E-state index contributed by atoms with van der Waals surface area (Å²) in [4.78, 5) is 12.0. The Morgan fingerprint density at radius 2 is 2.00 bits per heavy atom. The van der Waals surface area contributed by atoms with Crippen molar-refractivity contribution in [3.05, 3.63) is 48.0 Å². The van der Waals surface area contributed by atoms with Crippen molar-refractivity contribution >= 4 is 6.09 Å². The quantitative estimate of drug-likeness (QED) is 0.529. The maximum Gasteiger partial charge on any atom is 0.407 e. The minimum Gasteiger partial charge on any atom is -0.450 e. The van der Waals surface area contributed by atoms with Gasteiger partial charge in [-0.2, -0.15) is 0 Å². The van der Waals surface area contributed by atoms with Gasteiger partial charge in [0.2, 0.25) is 0 Å². The fourth-order valence-corrected chi connectivity index (χ4v) is 2.28. The van der Waals surface area contributed by atoms with Gasteiger partial charge in [-0.25, -0.2) is 4.79 Å². The van der Waals surface area contributed by atoms with Crippen molar-refractivity contribution in [2.24, 2.45) is 5.92 Å². The molecule has 0 unspecified atom stereocenters. The zero-order chi connectivity index (χ0) is 16.4. The number of ether oxygens (including phenoxy) is 1. The van der Waals surface area contributed by atoms with E-state index in [1.54, 1.807) is 0 Å². The molecule has 1 rings (SSSR count). The molecule has 0 bridgehead atoms. The Bertz CT molecular complexity index is 456. The first kappa shape index (κ1) is 18.3. The highest BCUT2D eigenvalue weighted by Gasteiger charge is 2.19. The van der Waals surface area contributed by atoms with Crippen molar-refractivity contribution in [1.29, 1.82) is 0 Å². The summed E-state index contributed by atoms with van der Waals surface area (Å²) in [7, 11) is 0. The van der Waals surface area contributed by atoms with Gasteiger partial charge in [-0.3, -0.25) is 0 Å². The van der Waals surface area contributed by atoms with E-state index in [1.807, 2.05) is 25.1 Å². The van der Waals surface area contributed by atoms with Crippen LogP contribution >= 0.6 is 0 Å². The summed E-state index contributed by atoms with van der Waals surface area (Å²) in [6.45, 7) is 10.6. The van der Waals surface area contributed by atoms with Crippen LogP contribution in [0, 0.1) is 5.92 Å². The summed E-state index contributed by atoms with van der Waals surface area (Å²) in [6, 6.07) is 10.3. The summed E-state index contributed by atoms with van der Waals surface area (Å²) in [5.41, 5.74) is 2.35. The van der Waals surface area contributed by atoms with Crippen LogP contribution in [0.3, 0.4) is 0 Å². The number of carbonyl (C=O) groups is 1. The molecule has 0 radical (unpaired) electrons. The second-order valence-corrected chi connectivity index (χ2v) is 6.02. The van der Waals surface area contributed by atoms with Crippen LogP contribution in [-0.4, -0.2) is 18.7 Å². The van der Waals surface area contributed by atoms with Gasteiger partial charge in [-0.05, 0) is 37.7 Å². The summed E-state index contributed by atoms with van der Waals surface area (Å²) in [5, 5.41) is 3.02. The van der Waals surface area contributed by atoms with E-state index in [0.29, 0.717) is 12.5 Å². The van der Waals surface area contributed by atoms with Crippen LogP contribution in [0.1, 0.15) is 45.6 Å². The number of hydrogen-bond acceptors (Lipinski definition) is 2. The monoisotopic (exact) mass is 303 g/mol. The Kier molecular flexibility index (Phi) is 8.34. The SMILES string of the molecule is C=C(C)CCCOC(=O)N[C@@H](Cc1ccccc1)[C@H](C)CC. The van der Waals surface area contributed by atoms with E-state index in [-0.39, 0.29) is 12.1 Å². The van der Waals surface area contributed by atoms with Crippen LogP contribution in [0.25, 0.3) is 0 Å². The van der Waals surface area contributed by atoms with Crippen molar-refractivity contribution in [2.75, 3.05) is 6.61 Å². The van der Waals surface area contributed by atoms with Crippen molar-refractivity contribution in [2.45, 2.75) is 52.5 Å². The summed E-state index contributed by atoms with van der Waals surface area (Å²) in [6.07, 6.45) is 3.26. The molecule has 1 aromatic rings. The van der Waals surface area contributed by atoms with E-state index in [2.05, 4.69) is 37.9 Å². The van der Waals surface area contributed by atoms with Gasteiger partial charge in [0.05, 0.1) is 6.61 Å². The first-order chi connectivity index (χ1) is 10.5. The smallest absolute Gasteiger partial charge is 0.407 e. The van der Waals surface area contributed by atoms with Crippen LogP contribution in [0.2, 0.25) is 0 Å². The molecule has 1 N–H and O–H groups in total. The van der Waals surface area contributed by atoms with Gasteiger partial charge < -0.3 is 10.1 Å². The number of rotatable bonds is 9. The predicted molar refractivity (Wildman–Crippen MR) is 91.9 cm³/mol. The Balaban J connectivity index is 2.47. The average Bonchev–Trinajstić information content (AvgIpc) is 2.51. The third kappa shape index (κ3) is 7.30. The number of amides is 1. The number of carbonyl (C=O) groups excluding carboxylic acids is 1. The summed E-state index contributed by atoms with van der Waals surface area (Å²) >= 11 is 0. The van der Waals surface area contributed by atoms with Gasteiger partial charge in [0.25, 0.3) is 0 Å². The van der Waals surface area contributed by atoms with E-state index >= 15 is 0 Å². The molecule has 0 saturated carbocycles. The Morgan fingerprint density at radius 3 is 2.59 bits per heavy atom. The van der Waals surface area contributed by atoms with Crippen LogP contribution in [0.4, 0.5) is 4.79 Å². The topological polar surface area (TPSA) is 38.3 Å². The predicted octanol–water partition coefficient (Wildman–Crippen LogP) is 4.73. The van der Waals surface area contributed by atoms with Gasteiger partial charge in [-0.1, -0.05) is 56.2 Å². The molecule has 0 aromatic heterocycles. The summed E-state index contributed by atoms with van der Waals surface area (Å²) < 4.78 is 5.26. The Hall–Kier alpha value is -1.77. The van der Waals surface area contributed by atoms with Gasteiger partial charge in [0, 0.05) is 6.04 Å². The molecule has 2 atom stereocenters. The second kappa shape index (κ2) is 10.0. The van der Waals surface area contributed by atoms with Crippen molar-refractivity contribution < 1.29 is 9.53 Å². The molecule has 0 fully saturated rings. The molecular formula is C19H29NO2. The highest BCUT2D eigenvalue weighted by atomic mass is 16.5. The first-order valence-electron chi connectivity index (χ1n) is 8.14. The molecule has 0 saturated heterocycles. The third-order valence-corrected chi connectivity index (χ3v) is 3.91. The molecule has 0 aliphatic heterocycles. The van der Waals surface area contributed by atoms with Crippen LogP contribution in [0.15, 0.2) is 42.5 Å². The number of alkyl carbamates (subject to hydrolysis) is 1. The lowest BCUT2D eigenvalue weighted by atomic mass is 9.93. The number of nitrogens with one attached hydrogen (secondary N) is 1.